The summed E-state index contributed by atoms with van der Waals surface area (Å²) in [5.74, 6) is 0.0942. The van der Waals surface area contributed by atoms with Gasteiger partial charge in [0.25, 0.3) is 0 Å². The number of carbonyl (C=O) groups excluding carboxylic acids is 1. The van der Waals surface area contributed by atoms with Crippen LogP contribution >= 0.6 is 11.6 Å². The summed E-state index contributed by atoms with van der Waals surface area (Å²) in [5.41, 5.74) is 5.54. The predicted molar refractivity (Wildman–Crippen MR) is 65.3 cm³/mol. The maximum Gasteiger partial charge on any atom is 0.229 e. The van der Waals surface area contributed by atoms with E-state index in [-0.39, 0.29) is 11.8 Å². The van der Waals surface area contributed by atoms with Gasteiger partial charge in [0.05, 0.1) is 10.9 Å². The van der Waals surface area contributed by atoms with E-state index in [1.165, 1.54) is 0 Å². The van der Waals surface area contributed by atoms with Gasteiger partial charge >= 0.3 is 0 Å². The molecule has 0 fully saturated rings. The van der Waals surface area contributed by atoms with Crippen LogP contribution in [0, 0.1) is 5.92 Å². The Bertz CT molecular complexity index is 357. The molecular formula is C11H16ClN3O. The van der Waals surface area contributed by atoms with Gasteiger partial charge in [-0.15, -0.1) is 0 Å². The number of nitrogens with zero attached hydrogens (tertiary/aromatic N) is 1. The van der Waals surface area contributed by atoms with E-state index in [1.54, 1.807) is 18.3 Å². The van der Waals surface area contributed by atoms with Crippen molar-refractivity contribution >= 4 is 23.3 Å². The zero-order chi connectivity index (χ0) is 12.0. The van der Waals surface area contributed by atoms with Crippen LogP contribution in [0.2, 0.25) is 5.02 Å². The third-order valence-corrected chi connectivity index (χ3v) is 2.60. The number of hydrogen-bond acceptors (Lipinski definition) is 3. The highest BCUT2D eigenvalue weighted by Crippen LogP contribution is 2.18. The van der Waals surface area contributed by atoms with Crippen molar-refractivity contribution in [3.8, 4) is 0 Å². The topological polar surface area (TPSA) is 68.0 Å². The quantitative estimate of drug-likeness (QED) is 0.829. The minimum atomic E-state index is -0.178. The number of amides is 1. The minimum absolute atomic E-state index is 0.120. The number of anilines is 1. The second-order valence-electron chi connectivity index (χ2n) is 3.54. The van der Waals surface area contributed by atoms with E-state index in [1.807, 2.05) is 6.92 Å². The van der Waals surface area contributed by atoms with Crippen LogP contribution in [0.25, 0.3) is 0 Å². The van der Waals surface area contributed by atoms with Gasteiger partial charge in [0.15, 0.2) is 5.82 Å². The molecule has 88 valence electrons. The Kier molecular flexibility index (Phi) is 5.22. The number of carbonyl (C=O) groups is 1. The monoisotopic (exact) mass is 241 g/mol. The molecule has 1 rings (SSSR count). The Hall–Kier alpha value is -1.13. The second kappa shape index (κ2) is 6.45. The van der Waals surface area contributed by atoms with Crippen molar-refractivity contribution in [2.45, 2.75) is 19.8 Å². The van der Waals surface area contributed by atoms with Gasteiger partial charge in [-0.1, -0.05) is 24.9 Å². The van der Waals surface area contributed by atoms with Crippen LogP contribution < -0.4 is 11.1 Å². The molecule has 0 aliphatic carbocycles. The lowest BCUT2D eigenvalue weighted by molar-refractivity contribution is -0.119. The Morgan fingerprint density at radius 3 is 3.00 bits per heavy atom. The van der Waals surface area contributed by atoms with Gasteiger partial charge in [-0.05, 0) is 18.6 Å². The highest BCUT2D eigenvalue weighted by atomic mass is 35.5. The number of nitrogens with one attached hydrogen (secondary N) is 1. The lowest BCUT2D eigenvalue weighted by Gasteiger charge is -2.13. The van der Waals surface area contributed by atoms with E-state index >= 15 is 0 Å². The molecule has 1 aromatic rings. The molecule has 0 bridgehead atoms. The highest BCUT2D eigenvalue weighted by Gasteiger charge is 2.16. The standard InChI is InChI=1S/C11H16ClN3O/c1-2-4-8(7-13)11(16)15-10-9(12)5-3-6-14-10/h3,5-6,8H,2,4,7,13H2,1H3,(H,14,15,16). The summed E-state index contributed by atoms with van der Waals surface area (Å²) in [5, 5.41) is 3.12. The molecule has 1 atom stereocenters. The molecule has 4 nitrogen and oxygen atoms in total. The largest absolute Gasteiger partial charge is 0.330 e. The first-order valence-corrected chi connectivity index (χ1v) is 5.68. The molecule has 1 heterocycles. The lowest BCUT2D eigenvalue weighted by Crippen LogP contribution is -2.29. The molecule has 0 spiro atoms. The fourth-order valence-corrected chi connectivity index (χ4v) is 1.57. The van der Waals surface area contributed by atoms with Crippen molar-refractivity contribution in [2.24, 2.45) is 11.7 Å². The zero-order valence-electron chi connectivity index (χ0n) is 9.24. The van der Waals surface area contributed by atoms with E-state index in [2.05, 4.69) is 10.3 Å². The molecule has 16 heavy (non-hydrogen) atoms. The summed E-state index contributed by atoms with van der Waals surface area (Å²) in [6.07, 6.45) is 3.27. The molecular weight excluding hydrogens is 226 g/mol. The number of pyridine rings is 1. The second-order valence-corrected chi connectivity index (χ2v) is 3.95. The van der Waals surface area contributed by atoms with Gasteiger partial charge < -0.3 is 11.1 Å². The number of nitrogens with two attached hydrogens (primary N) is 1. The summed E-state index contributed by atoms with van der Waals surface area (Å²) in [6, 6.07) is 3.39. The van der Waals surface area contributed by atoms with Crippen molar-refractivity contribution in [3.05, 3.63) is 23.4 Å². The number of aromatic nitrogens is 1. The molecule has 1 amide bonds. The van der Waals surface area contributed by atoms with Gasteiger partial charge in [0, 0.05) is 12.7 Å². The smallest absolute Gasteiger partial charge is 0.229 e. The van der Waals surface area contributed by atoms with Crippen molar-refractivity contribution in [1.82, 2.24) is 4.98 Å². The third kappa shape index (κ3) is 3.47. The Morgan fingerprint density at radius 1 is 1.69 bits per heavy atom. The summed E-state index contributed by atoms with van der Waals surface area (Å²) in [7, 11) is 0. The molecule has 0 aliphatic heterocycles. The molecule has 1 unspecified atom stereocenters. The fraction of sp³-hybridized carbons (Fsp3) is 0.455. The summed E-state index contributed by atoms with van der Waals surface area (Å²) < 4.78 is 0. The fourth-order valence-electron chi connectivity index (χ4n) is 1.40. The first-order chi connectivity index (χ1) is 7.69. The molecule has 1 aromatic heterocycles. The van der Waals surface area contributed by atoms with Crippen molar-refractivity contribution < 1.29 is 4.79 Å². The first kappa shape index (κ1) is 12.9. The van der Waals surface area contributed by atoms with Crippen molar-refractivity contribution in [3.63, 3.8) is 0 Å². The van der Waals surface area contributed by atoms with E-state index in [0.717, 1.165) is 12.8 Å². The van der Waals surface area contributed by atoms with Crippen LogP contribution in [0.5, 0.6) is 0 Å². The number of hydrogen-bond donors (Lipinski definition) is 2. The van der Waals surface area contributed by atoms with Crippen molar-refractivity contribution in [1.29, 1.82) is 0 Å². The van der Waals surface area contributed by atoms with E-state index in [9.17, 15) is 4.79 Å². The Labute approximate surface area is 100 Å². The molecule has 0 radical (unpaired) electrons. The van der Waals surface area contributed by atoms with E-state index < -0.39 is 0 Å². The third-order valence-electron chi connectivity index (χ3n) is 2.29. The molecule has 0 aromatic carbocycles. The first-order valence-electron chi connectivity index (χ1n) is 5.30. The number of rotatable bonds is 5. The van der Waals surface area contributed by atoms with Gasteiger partial charge in [-0.3, -0.25) is 4.79 Å². The maximum absolute atomic E-state index is 11.8. The molecule has 3 N–H and O–H groups in total. The van der Waals surface area contributed by atoms with Gasteiger partial charge in [-0.25, -0.2) is 4.98 Å². The van der Waals surface area contributed by atoms with Crippen LogP contribution in [0.4, 0.5) is 5.82 Å². The number of halogens is 1. The average Bonchev–Trinajstić information content (AvgIpc) is 2.29. The summed E-state index contributed by atoms with van der Waals surface area (Å²) in [4.78, 5) is 15.8. The van der Waals surface area contributed by atoms with Gasteiger partial charge in [-0.2, -0.15) is 0 Å². The molecule has 0 saturated heterocycles. The van der Waals surface area contributed by atoms with Crippen LogP contribution in [0.15, 0.2) is 18.3 Å². The summed E-state index contributed by atoms with van der Waals surface area (Å²) in [6.45, 7) is 2.35. The van der Waals surface area contributed by atoms with Crippen LogP contribution in [0.3, 0.4) is 0 Å². The van der Waals surface area contributed by atoms with Crippen LogP contribution in [0.1, 0.15) is 19.8 Å². The average molecular weight is 242 g/mol. The van der Waals surface area contributed by atoms with E-state index in [4.69, 9.17) is 17.3 Å². The Morgan fingerprint density at radius 2 is 2.44 bits per heavy atom. The van der Waals surface area contributed by atoms with Crippen molar-refractivity contribution in [2.75, 3.05) is 11.9 Å². The van der Waals surface area contributed by atoms with Crippen LogP contribution in [-0.4, -0.2) is 17.4 Å². The Balaban J connectivity index is 2.66. The maximum atomic E-state index is 11.8. The predicted octanol–water partition coefficient (Wildman–Crippen LogP) is 2.05. The van der Waals surface area contributed by atoms with Gasteiger partial charge in [0.1, 0.15) is 0 Å². The summed E-state index contributed by atoms with van der Waals surface area (Å²) >= 11 is 5.88. The minimum Gasteiger partial charge on any atom is -0.330 e. The van der Waals surface area contributed by atoms with Crippen LogP contribution in [-0.2, 0) is 4.79 Å². The van der Waals surface area contributed by atoms with E-state index in [0.29, 0.717) is 17.4 Å². The molecule has 0 aliphatic rings. The molecule has 5 heteroatoms. The molecule has 0 saturated carbocycles. The SMILES string of the molecule is CCCC(CN)C(=O)Nc1ncccc1Cl. The van der Waals surface area contributed by atoms with Gasteiger partial charge in [0.2, 0.25) is 5.91 Å². The highest BCUT2D eigenvalue weighted by molar-refractivity contribution is 6.33. The lowest BCUT2D eigenvalue weighted by atomic mass is 10.0. The zero-order valence-corrected chi connectivity index (χ0v) is 10.00. The normalized spacial score (nSPS) is 12.2.